The fraction of sp³-hybridized carbons (Fsp3) is 1.00. The Labute approximate surface area is 110 Å². The van der Waals surface area contributed by atoms with Gasteiger partial charge in [0.05, 0.1) is 12.2 Å². The lowest BCUT2D eigenvalue weighted by Crippen LogP contribution is -2.52. The molecule has 2 atom stereocenters. The highest BCUT2D eigenvalue weighted by molar-refractivity contribution is 4.92. The minimum atomic E-state index is 0.0829. The largest absolute Gasteiger partial charge is 0.383 e. The van der Waals surface area contributed by atoms with Crippen LogP contribution in [0.15, 0.2) is 0 Å². The summed E-state index contributed by atoms with van der Waals surface area (Å²) < 4.78 is 16.8. The topological polar surface area (TPSA) is 39.7 Å². The zero-order chi connectivity index (χ0) is 12.8. The molecular weight excluding hydrogens is 230 g/mol. The maximum atomic E-state index is 6.06. The minimum Gasteiger partial charge on any atom is -0.383 e. The molecule has 0 aromatic carbocycles. The molecule has 2 fully saturated rings. The Morgan fingerprint density at radius 1 is 1.33 bits per heavy atom. The van der Waals surface area contributed by atoms with Crippen molar-refractivity contribution in [2.24, 2.45) is 0 Å². The first kappa shape index (κ1) is 14.3. The van der Waals surface area contributed by atoms with E-state index in [9.17, 15) is 0 Å². The molecule has 4 nitrogen and oxygen atoms in total. The maximum absolute atomic E-state index is 6.06. The van der Waals surface area contributed by atoms with Gasteiger partial charge < -0.3 is 19.5 Å². The molecule has 1 N–H and O–H groups in total. The first-order valence-corrected chi connectivity index (χ1v) is 7.25. The summed E-state index contributed by atoms with van der Waals surface area (Å²) in [6, 6.07) is 1.03. The van der Waals surface area contributed by atoms with Crippen molar-refractivity contribution in [3.8, 4) is 0 Å². The van der Waals surface area contributed by atoms with Crippen LogP contribution in [0.4, 0.5) is 0 Å². The Balaban J connectivity index is 1.85. The summed E-state index contributed by atoms with van der Waals surface area (Å²) in [5.74, 6) is 0. The SMILES string of the molecule is CCC(COC)NC1CCOC2(CCOCC2)C1. The zero-order valence-electron chi connectivity index (χ0n) is 11.7. The summed E-state index contributed by atoms with van der Waals surface area (Å²) in [6.45, 7) is 5.58. The molecule has 2 heterocycles. The van der Waals surface area contributed by atoms with Crippen LogP contribution in [0.5, 0.6) is 0 Å². The summed E-state index contributed by atoms with van der Waals surface area (Å²) in [6.07, 6.45) is 5.44. The maximum Gasteiger partial charge on any atom is 0.0741 e. The van der Waals surface area contributed by atoms with Gasteiger partial charge in [-0.05, 0) is 32.1 Å². The summed E-state index contributed by atoms with van der Waals surface area (Å²) >= 11 is 0. The number of methoxy groups -OCH3 is 1. The quantitative estimate of drug-likeness (QED) is 0.814. The molecule has 4 heteroatoms. The lowest BCUT2D eigenvalue weighted by molar-refractivity contribution is -0.141. The van der Waals surface area contributed by atoms with Crippen molar-refractivity contribution in [2.45, 2.75) is 56.7 Å². The first-order chi connectivity index (χ1) is 8.78. The van der Waals surface area contributed by atoms with E-state index in [2.05, 4.69) is 12.2 Å². The Morgan fingerprint density at radius 3 is 2.78 bits per heavy atom. The van der Waals surface area contributed by atoms with Crippen molar-refractivity contribution >= 4 is 0 Å². The molecule has 2 aliphatic rings. The summed E-state index contributed by atoms with van der Waals surface area (Å²) in [5, 5.41) is 3.73. The van der Waals surface area contributed by atoms with Crippen LogP contribution < -0.4 is 5.32 Å². The van der Waals surface area contributed by atoms with Crippen LogP contribution in [0, 0.1) is 0 Å². The standard InChI is InChI=1S/C14H27NO3/c1-3-12(11-16-2)15-13-4-7-18-14(10-13)5-8-17-9-6-14/h12-13,15H,3-11H2,1-2H3. The average Bonchev–Trinajstić information content (AvgIpc) is 2.39. The molecule has 2 rings (SSSR count). The molecule has 2 saturated heterocycles. The number of ether oxygens (including phenoxy) is 3. The van der Waals surface area contributed by atoms with E-state index in [0.29, 0.717) is 12.1 Å². The fourth-order valence-corrected chi connectivity index (χ4v) is 3.08. The van der Waals surface area contributed by atoms with E-state index in [4.69, 9.17) is 14.2 Å². The smallest absolute Gasteiger partial charge is 0.0741 e. The summed E-state index contributed by atoms with van der Waals surface area (Å²) in [5.41, 5.74) is 0.0829. The van der Waals surface area contributed by atoms with Gasteiger partial charge in [0.15, 0.2) is 0 Å². The average molecular weight is 257 g/mol. The van der Waals surface area contributed by atoms with Gasteiger partial charge >= 0.3 is 0 Å². The van der Waals surface area contributed by atoms with E-state index >= 15 is 0 Å². The van der Waals surface area contributed by atoms with Gasteiger partial charge in [-0.1, -0.05) is 6.92 Å². The molecule has 0 aliphatic carbocycles. The Hall–Kier alpha value is -0.160. The Bertz CT molecular complexity index is 236. The second-order valence-electron chi connectivity index (χ2n) is 5.56. The number of rotatable bonds is 5. The number of nitrogens with one attached hydrogen (secondary N) is 1. The van der Waals surface area contributed by atoms with Gasteiger partial charge in [0, 0.05) is 39.0 Å². The van der Waals surface area contributed by atoms with Crippen LogP contribution in [-0.2, 0) is 14.2 Å². The van der Waals surface area contributed by atoms with Crippen LogP contribution in [0.3, 0.4) is 0 Å². The molecule has 0 saturated carbocycles. The summed E-state index contributed by atoms with van der Waals surface area (Å²) in [7, 11) is 1.77. The van der Waals surface area contributed by atoms with Crippen molar-refractivity contribution in [1.82, 2.24) is 5.32 Å². The molecule has 0 bridgehead atoms. The molecule has 0 amide bonds. The van der Waals surface area contributed by atoms with Crippen LogP contribution in [-0.4, -0.2) is 51.2 Å². The van der Waals surface area contributed by atoms with Gasteiger partial charge in [-0.3, -0.25) is 0 Å². The van der Waals surface area contributed by atoms with Crippen molar-refractivity contribution in [3.63, 3.8) is 0 Å². The van der Waals surface area contributed by atoms with Gasteiger partial charge in [0.1, 0.15) is 0 Å². The molecule has 0 aromatic heterocycles. The predicted molar refractivity (Wildman–Crippen MR) is 70.8 cm³/mol. The highest BCUT2D eigenvalue weighted by Crippen LogP contribution is 2.34. The zero-order valence-corrected chi connectivity index (χ0v) is 11.7. The first-order valence-electron chi connectivity index (χ1n) is 7.25. The van der Waals surface area contributed by atoms with Crippen molar-refractivity contribution in [3.05, 3.63) is 0 Å². The molecule has 0 radical (unpaired) electrons. The third-order valence-electron chi connectivity index (χ3n) is 4.23. The molecule has 106 valence electrons. The Kier molecular flexibility index (Phi) is 5.42. The molecule has 2 unspecified atom stereocenters. The van der Waals surface area contributed by atoms with Crippen LogP contribution in [0.2, 0.25) is 0 Å². The lowest BCUT2D eigenvalue weighted by Gasteiger charge is -2.44. The normalized spacial score (nSPS) is 29.3. The van der Waals surface area contributed by atoms with Gasteiger partial charge in [0.25, 0.3) is 0 Å². The number of hydrogen-bond donors (Lipinski definition) is 1. The van der Waals surface area contributed by atoms with Crippen LogP contribution in [0.1, 0.15) is 39.0 Å². The number of hydrogen-bond acceptors (Lipinski definition) is 4. The van der Waals surface area contributed by atoms with Crippen molar-refractivity contribution < 1.29 is 14.2 Å². The fourth-order valence-electron chi connectivity index (χ4n) is 3.08. The summed E-state index contributed by atoms with van der Waals surface area (Å²) in [4.78, 5) is 0. The van der Waals surface area contributed by atoms with Crippen molar-refractivity contribution in [1.29, 1.82) is 0 Å². The second kappa shape index (κ2) is 6.85. The molecule has 1 spiro atoms. The molecule has 18 heavy (non-hydrogen) atoms. The van der Waals surface area contributed by atoms with Crippen molar-refractivity contribution in [2.75, 3.05) is 33.5 Å². The van der Waals surface area contributed by atoms with E-state index in [0.717, 1.165) is 58.5 Å². The van der Waals surface area contributed by atoms with E-state index in [1.807, 2.05) is 0 Å². The highest BCUT2D eigenvalue weighted by Gasteiger charge is 2.39. The van der Waals surface area contributed by atoms with E-state index in [-0.39, 0.29) is 5.60 Å². The van der Waals surface area contributed by atoms with Gasteiger partial charge in [-0.2, -0.15) is 0 Å². The lowest BCUT2D eigenvalue weighted by atomic mass is 9.84. The van der Waals surface area contributed by atoms with Crippen LogP contribution in [0.25, 0.3) is 0 Å². The van der Waals surface area contributed by atoms with E-state index in [1.165, 1.54) is 0 Å². The van der Waals surface area contributed by atoms with Gasteiger partial charge in [-0.15, -0.1) is 0 Å². The predicted octanol–water partition coefficient (Wildman–Crippen LogP) is 1.73. The third kappa shape index (κ3) is 3.67. The molecular formula is C14H27NO3. The van der Waals surface area contributed by atoms with E-state index < -0.39 is 0 Å². The van der Waals surface area contributed by atoms with Crippen LogP contribution >= 0.6 is 0 Å². The third-order valence-corrected chi connectivity index (χ3v) is 4.23. The van der Waals surface area contributed by atoms with Gasteiger partial charge in [-0.25, -0.2) is 0 Å². The molecule has 0 aromatic rings. The minimum absolute atomic E-state index is 0.0829. The Morgan fingerprint density at radius 2 is 2.11 bits per heavy atom. The van der Waals surface area contributed by atoms with Gasteiger partial charge in [0.2, 0.25) is 0 Å². The molecule has 2 aliphatic heterocycles. The second-order valence-corrected chi connectivity index (χ2v) is 5.56. The van der Waals surface area contributed by atoms with E-state index in [1.54, 1.807) is 7.11 Å². The highest BCUT2D eigenvalue weighted by atomic mass is 16.5. The monoisotopic (exact) mass is 257 g/mol.